The second kappa shape index (κ2) is 8.34. The topological polar surface area (TPSA) is 66.7 Å². The summed E-state index contributed by atoms with van der Waals surface area (Å²) in [6.45, 7) is 5.58. The Balaban J connectivity index is 1.93. The van der Waals surface area contributed by atoms with Crippen LogP contribution in [0.25, 0.3) is 5.52 Å². The van der Waals surface area contributed by atoms with Crippen LogP contribution >= 0.6 is 0 Å². The molecular weight excluding hydrogens is 328 g/mol. The molecule has 1 aliphatic rings. The first-order chi connectivity index (χ1) is 12.7. The van der Waals surface area contributed by atoms with E-state index in [1.807, 2.05) is 29.3 Å². The van der Waals surface area contributed by atoms with Crippen LogP contribution in [-0.4, -0.2) is 45.2 Å². The molecular formula is C20H28N4O2. The molecule has 1 N–H and O–H groups in total. The summed E-state index contributed by atoms with van der Waals surface area (Å²) >= 11 is 0. The Bertz CT molecular complexity index is 783. The number of likely N-dealkylation sites (tertiary alicyclic amines) is 1. The number of pyridine rings is 1. The van der Waals surface area contributed by atoms with E-state index in [1.165, 1.54) is 0 Å². The van der Waals surface area contributed by atoms with Crippen molar-refractivity contribution in [1.82, 2.24) is 19.6 Å². The van der Waals surface area contributed by atoms with Gasteiger partial charge in [0.05, 0.1) is 5.52 Å². The van der Waals surface area contributed by atoms with E-state index in [0.717, 1.165) is 45.1 Å². The Morgan fingerprint density at radius 1 is 1.27 bits per heavy atom. The predicted molar refractivity (Wildman–Crippen MR) is 101 cm³/mol. The lowest BCUT2D eigenvalue weighted by molar-refractivity contribution is 0.0594. The van der Waals surface area contributed by atoms with Crippen LogP contribution in [0.4, 0.5) is 0 Å². The van der Waals surface area contributed by atoms with Gasteiger partial charge in [-0.1, -0.05) is 26.3 Å². The van der Waals surface area contributed by atoms with Gasteiger partial charge in [0, 0.05) is 25.3 Å². The molecule has 0 aliphatic carbocycles. The number of carbonyl (C=O) groups is 2. The molecule has 140 valence electrons. The second-order valence-electron chi connectivity index (χ2n) is 6.91. The van der Waals surface area contributed by atoms with Crippen LogP contribution in [0.1, 0.15) is 73.5 Å². The molecule has 0 spiro atoms. The maximum atomic E-state index is 13.2. The highest BCUT2D eigenvalue weighted by Gasteiger charge is 2.30. The maximum absolute atomic E-state index is 13.2. The van der Waals surface area contributed by atoms with Gasteiger partial charge in [-0.25, -0.2) is 4.98 Å². The van der Waals surface area contributed by atoms with Gasteiger partial charge in [0.1, 0.15) is 0 Å². The van der Waals surface area contributed by atoms with E-state index in [4.69, 9.17) is 0 Å². The van der Waals surface area contributed by atoms with E-state index in [9.17, 15) is 9.59 Å². The summed E-state index contributed by atoms with van der Waals surface area (Å²) in [5.41, 5.74) is 1.00. The summed E-state index contributed by atoms with van der Waals surface area (Å²) in [6.07, 6.45) is 7.92. The fourth-order valence-electron chi connectivity index (χ4n) is 3.64. The van der Waals surface area contributed by atoms with Crippen molar-refractivity contribution in [2.45, 2.75) is 58.4 Å². The highest BCUT2D eigenvalue weighted by atomic mass is 16.2. The number of nitrogens with one attached hydrogen (secondary N) is 1. The zero-order valence-electron chi connectivity index (χ0n) is 15.7. The van der Waals surface area contributed by atoms with Crippen molar-refractivity contribution in [3.8, 4) is 0 Å². The number of hydrogen-bond acceptors (Lipinski definition) is 3. The number of rotatable bonds is 6. The first kappa shape index (κ1) is 18.4. The van der Waals surface area contributed by atoms with Crippen molar-refractivity contribution in [3.63, 3.8) is 0 Å². The van der Waals surface area contributed by atoms with Crippen molar-refractivity contribution >= 4 is 17.3 Å². The number of nitrogens with zero attached hydrogens (tertiary/aromatic N) is 3. The number of aromatic nitrogens is 2. The molecule has 0 bridgehead atoms. The molecule has 1 unspecified atom stereocenters. The first-order valence-corrected chi connectivity index (χ1v) is 9.73. The Morgan fingerprint density at radius 2 is 2.12 bits per heavy atom. The predicted octanol–water partition coefficient (Wildman–Crippen LogP) is 3.27. The van der Waals surface area contributed by atoms with Gasteiger partial charge >= 0.3 is 0 Å². The van der Waals surface area contributed by atoms with E-state index in [-0.39, 0.29) is 17.9 Å². The minimum atomic E-state index is -0.216. The number of carbonyl (C=O) groups excluding carboxylic acids is 2. The molecule has 2 aromatic heterocycles. The SMILES string of the molecule is CCCCNC(=O)c1nc(C(=O)N2CCCCC2CC)n2ccccc12. The van der Waals surface area contributed by atoms with Crippen LogP contribution in [0.3, 0.4) is 0 Å². The molecule has 3 rings (SSSR count). The van der Waals surface area contributed by atoms with E-state index in [0.29, 0.717) is 23.6 Å². The monoisotopic (exact) mass is 356 g/mol. The van der Waals surface area contributed by atoms with Gasteiger partial charge in [0.15, 0.2) is 5.69 Å². The Labute approximate surface area is 154 Å². The molecule has 2 amide bonds. The van der Waals surface area contributed by atoms with Gasteiger partial charge in [-0.15, -0.1) is 0 Å². The van der Waals surface area contributed by atoms with Crippen molar-refractivity contribution in [1.29, 1.82) is 0 Å². The average Bonchev–Trinajstić information content (AvgIpc) is 3.07. The quantitative estimate of drug-likeness (QED) is 0.808. The van der Waals surface area contributed by atoms with Crippen LogP contribution < -0.4 is 5.32 Å². The molecule has 1 saturated heterocycles. The first-order valence-electron chi connectivity index (χ1n) is 9.73. The van der Waals surface area contributed by atoms with Gasteiger partial charge in [-0.3, -0.25) is 14.0 Å². The molecule has 26 heavy (non-hydrogen) atoms. The lowest BCUT2D eigenvalue weighted by atomic mass is 10.00. The van der Waals surface area contributed by atoms with Gasteiger partial charge in [0.25, 0.3) is 11.8 Å². The van der Waals surface area contributed by atoms with Crippen LogP contribution in [-0.2, 0) is 0 Å². The highest BCUT2D eigenvalue weighted by Crippen LogP contribution is 2.23. The summed E-state index contributed by atoms with van der Waals surface area (Å²) in [7, 11) is 0. The summed E-state index contributed by atoms with van der Waals surface area (Å²) in [4.78, 5) is 32.2. The number of hydrogen-bond donors (Lipinski definition) is 1. The summed E-state index contributed by atoms with van der Waals surface area (Å²) < 4.78 is 1.75. The van der Waals surface area contributed by atoms with E-state index in [2.05, 4.69) is 24.1 Å². The van der Waals surface area contributed by atoms with Crippen molar-refractivity contribution in [3.05, 3.63) is 35.9 Å². The zero-order chi connectivity index (χ0) is 18.5. The third-order valence-electron chi connectivity index (χ3n) is 5.13. The minimum absolute atomic E-state index is 0.0784. The lowest BCUT2D eigenvalue weighted by Gasteiger charge is -2.34. The maximum Gasteiger partial charge on any atom is 0.290 e. The Morgan fingerprint density at radius 3 is 2.88 bits per heavy atom. The lowest BCUT2D eigenvalue weighted by Crippen LogP contribution is -2.44. The Kier molecular flexibility index (Phi) is 5.91. The van der Waals surface area contributed by atoms with Gasteiger partial charge in [-0.05, 0) is 44.2 Å². The van der Waals surface area contributed by atoms with Crippen LogP contribution in [0.2, 0.25) is 0 Å². The van der Waals surface area contributed by atoms with Gasteiger partial charge in [0.2, 0.25) is 5.82 Å². The van der Waals surface area contributed by atoms with E-state index >= 15 is 0 Å². The number of piperidine rings is 1. The van der Waals surface area contributed by atoms with Crippen LogP contribution in [0, 0.1) is 0 Å². The largest absolute Gasteiger partial charge is 0.351 e. The van der Waals surface area contributed by atoms with Gasteiger partial charge < -0.3 is 10.2 Å². The van der Waals surface area contributed by atoms with E-state index < -0.39 is 0 Å². The fourth-order valence-corrected chi connectivity index (χ4v) is 3.64. The molecule has 6 heteroatoms. The average molecular weight is 356 g/mol. The number of unbranched alkanes of at least 4 members (excludes halogenated alkanes) is 1. The second-order valence-corrected chi connectivity index (χ2v) is 6.91. The molecule has 1 atom stereocenters. The van der Waals surface area contributed by atoms with Crippen molar-refractivity contribution in [2.24, 2.45) is 0 Å². The molecule has 6 nitrogen and oxygen atoms in total. The van der Waals surface area contributed by atoms with Crippen LogP contribution in [0.15, 0.2) is 24.4 Å². The molecule has 1 aliphatic heterocycles. The van der Waals surface area contributed by atoms with Gasteiger partial charge in [-0.2, -0.15) is 0 Å². The molecule has 2 aromatic rings. The zero-order valence-corrected chi connectivity index (χ0v) is 15.7. The number of amides is 2. The Hall–Kier alpha value is -2.37. The van der Waals surface area contributed by atoms with Crippen molar-refractivity contribution in [2.75, 3.05) is 13.1 Å². The highest BCUT2D eigenvalue weighted by molar-refractivity contribution is 6.02. The molecule has 3 heterocycles. The summed E-state index contributed by atoms with van der Waals surface area (Å²) in [5.74, 6) is 0.0406. The summed E-state index contributed by atoms with van der Waals surface area (Å²) in [6, 6.07) is 5.82. The number of fused-ring (bicyclic) bond motifs is 1. The molecule has 0 saturated carbocycles. The minimum Gasteiger partial charge on any atom is -0.351 e. The number of imidazole rings is 1. The molecule has 1 fully saturated rings. The smallest absolute Gasteiger partial charge is 0.290 e. The summed E-state index contributed by atoms with van der Waals surface area (Å²) in [5, 5.41) is 2.90. The van der Waals surface area contributed by atoms with Crippen molar-refractivity contribution < 1.29 is 9.59 Å². The third-order valence-corrected chi connectivity index (χ3v) is 5.13. The van der Waals surface area contributed by atoms with E-state index in [1.54, 1.807) is 4.40 Å². The fraction of sp³-hybridized carbons (Fsp3) is 0.550. The normalized spacial score (nSPS) is 17.5. The molecule has 0 radical (unpaired) electrons. The van der Waals surface area contributed by atoms with Crippen LogP contribution in [0.5, 0.6) is 0 Å². The third kappa shape index (κ3) is 3.59. The standard InChI is InChI=1S/C20H28N4O2/c1-3-5-12-21-19(25)17-16-11-7-9-14-24(16)18(22-17)20(26)23-13-8-6-10-15(23)4-2/h7,9,11,14-15H,3-6,8,10,12-13H2,1-2H3,(H,21,25). The molecule has 0 aromatic carbocycles.